The van der Waals surface area contributed by atoms with Crippen LogP contribution < -0.4 is 10.2 Å². The molecule has 0 aliphatic rings. The first kappa shape index (κ1) is 16.0. The van der Waals surface area contributed by atoms with Crippen molar-refractivity contribution in [2.75, 3.05) is 37.8 Å². The largest absolute Gasteiger partial charge is 0.372 e. The average molecular weight is 284 g/mol. The molecule has 0 radical (unpaired) electrons. The average Bonchev–Trinajstić information content (AvgIpc) is 2.33. The molecule has 0 fully saturated rings. The number of hydrogen-bond donors (Lipinski definition) is 1. The Morgan fingerprint density at radius 1 is 1.26 bits per heavy atom. The molecular formula is C14H24N2O2S. The van der Waals surface area contributed by atoms with Crippen molar-refractivity contribution >= 4 is 15.5 Å². The summed E-state index contributed by atoms with van der Waals surface area (Å²) >= 11 is 0. The normalized spacial score (nSPS) is 11.8. The van der Waals surface area contributed by atoms with Gasteiger partial charge in [-0.2, -0.15) is 0 Å². The van der Waals surface area contributed by atoms with Crippen LogP contribution in [0.4, 0.5) is 5.69 Å². The number of anilines is 1. The third-order valence-electron chi connectivity index (χ3n) is 2.85. The van der Waals surface area contributed by atoms with Crippen molar-refractivity contribution in [3.63, 3.8) is 0 Å². The fourth-order valence-corrected chi connectivity index (χ4v) is 2.77. The fourth-order valence-electron chi connectivity index (χ4n) is 1.84. The Hall–Kier alpha value is -1.07. The Morgan fingerprint density at radius 2 is 1.89 bits per heavy atom. The summed E-state index contributed by atoms with van der Waals surface area (Å²) in [5.41, 5.74) is 0.761. The fraction of sp³-hybridized carbons (Fsp3) is 0.571. The van der Waals surface area contributed by atoms with E-state index in [1.165, 1.54) is 6.26 Å². The molecule has 108 valence electrons. The molecule has 1 aromatic carbocycles. The maximum absolute atomic E-state index is 11.7. The minimum absolute atomic E-state index is 0.390. The molecule has 0 saturated carbocycles. The summed E-state index contributed by atoms with van der Waals surface area (Å²) < 4.78 is 23.5. The zero-order valence-electron chi connectivity index (χ0n) is 12.2. The number of benzene rings is 1. The molecule has 4 nitrogen and oxygen atoms in total. The van der Waals surface area contributed by atoms with Gasteiger partial charge in [-0.25, -0.2) is 8.42 Å². The molecule has 0 saturated heterocycles. The topological polar surface area (TPSA) is 49.4 Å². The number of rotatable bonds is 7. The molecule has 5 heteroatoms. The molecule has 0 spiro atoms. The molecule has 0 atom stereocenters. The minimum Gasteiger partial charge on any atom is -0.372 e. The van der Waals surface area contributed by atoms with E-state index in [-0.39, 0.29) is 0 Å². The second kappa shape index (κ2) is 6.91. The Labute approximate surface area is 116 Å². The van der Waals surface area contributed by atoms with Crippen molar-refractivity contribution in [2.24, 2.45) is 5.92 Å². The van der Waals surface area contributed by atoms with Gasteiger partial charge in [0.05, 0.1) is 10.6 Å². The molecule has 0 aliphatic heterocycles. The number of nitrogens with zero attached hydrogens (tertiary/aromatic N) is 1. The van der Waals surface area contributed by atoms with E-state index in [1.807, 2.05) is 24.1 Å². The van der Waals surface area contributed by atoms with Crippen molar-refractivity contribution in [3.05, 3.63) is 24.3 Å². The van der Waals surface area contributed by atoms with Crippen LogP contribution in [0.25, 0.3) is 0 Å². The third-order valence-corrected chi connectivity index (χ3v) is 4.00. The second-order valence-electron chi connectivity index (χ2n) is 5.26. The highest BCUT2D eigenvalue weighted by Gasteiger charge is 2.14. The maximum Gasteiger partial charge on any atom is 0.177 e. The van der Waals surface area contributed by atoms with Crippen molar-refractivity contribution < 1.29 is 8.42 Å². The Morgan fingerprint density at radius 3 is 2.47 bits per heavy atom. The van der Waals surface area contributed by atoms with Crippen molar-refractivity contribution in [1.29, 1.82) is 0 Å². The smallest absolute Gasteiger partial charge is 0.177 e. The number of para-hydroxylation sites is 1. The van der Waals surface area contributed by atoms with Gasteiger partial charge in [-0.15, -0.1) is 0 Å². The molecule has 0 heterocycles. The Kier molecular flexibility index (Phi) is 5.82. The van der Waals surface area contributed by atoms with Gasteiger partial charge < -0.3 is 10.2 Å². The van der Waals surface area contributed by atoms with E-state index in [4.69, 9.17) is 0 Å². The maximum atomic E-state index is 11.7. The molecule has 0 aliphatic carbocycles. The SMILES string of the molecule is CC(C)CNCCN(C)c1ccccc1S(C)(=O)=O. The lowest BCUT2D eigenvalue weighted by molar-refractivity contribution is 0.554. The number of likely N-dealkylation sites (N-methyl/N-ethyl adjacent to an activating group) is 1. The molecule has 1 rings (SSSR count). The molecule has 0 aromatic heterocycles. The predicted octanol–water partition coefficient (Wildman–Crippen LogP) is 1.77. The lowest BCUT2D eigenvalue weighted by atomic mass is 10.2. The first-order valence-corrected chi connectivity index (χ1v) is 8.42. The number of nitrogens with one attached hydrogen (secondary N) is 1. The quantitative estimate of drug-likeness (QED) is 0.775. The van der Waals surface area contributed by atoms with E-state index in [2.05, 4.69) is 19.2 Å². The van der Waals surface area contributed by atoms with Crippen LogP contribution >= 0.6 is 0 Å². The summed E-state index contributed by atoms with van der Waals surface area (Å²) in [5, 5.41) is 3.35. The van der Waals surface area contributed by atoms with Crippen LogP contribution in [0.5, 0.6) is 0 Å². The van der Waals surface area contributed by atoms with Gasteiger partial charge in [0.25, 0.3) is 0 Å². The van der Waals surface area contributed by atoms with E-state index < -0.39 is 9.84 Å². The molecule has 1 N–H and O–H groups in total. The summed E-state index contributed by atoms with van der Waals surface area (Å²) in [5.74, 6) is 0.619. The van der Waals surface area contributed by atoms with Crippen molar-refractivity contribution in [3.8, 4) is 0 Å². The minimum atomic E-state index is -3.18. The van der Waals surface area contributed by atoms with Crippen molar-refractivity contribution in [1.82, 2.24) is 5.32 Å². The molecule has 0 bridgehead atoms. The summed E-state index contributed by atoms with van der Waals surface area (Å²) in [6.07, 6.45) is 1.25. The summed E-state index contributed by atoms with van der Waals surface area (Å²) in [6, 6.07) is 7.12. The monoisotopic (exact) mass is 284 g/mol. The van der Waals surface area contributed by atoms with Gasteiger partial charge in [0, 0.05) is 26.4 Å². The lowest BCUT2D eigenvalue weighted by Crippen LogP contribution is -2.31. The third kappa shape index (κ3) is 5.20. The van der Waals surface area contributed by atoms with Crippen LogP contribution in [0.2, 0.25) is 0 Å². The van der Waals surface area contributed by atoms with Crippen LogP contribution in [-0.2, 0) is 9.84 Å². The van der Waals surface area contributed by atoms with Gasteiger partial charge in [0.1, 0.15) is 0 Å². The predicted molar refractivity (Wildman–Crippen MR) is 80.5 cm³/mol. The van der Waals surface area contributed by atoms with E-state index in [9.17, 15) is 8.42 Å². The molecule has 0 unspecified atom stereocenters. The van der Waals surface area contributed by atoms with Gasteiger partial charge >= 0.3 is 0 Å². The van der Waals surface area contributed by atoms with Gasteiger partial charge in [-0.05, 0) is 24.6 Å². The van der Waals surface area contributed by atoms with Gasteiger partial charge in [0.15, 0.2) is 9.84 Å². The Balaban J connectivity index is 2.70. The molecular weight excluding hydrogens is 260 g/mol. The highest BCUT2D eigenvalue weighted by atomic mass is 32.2. The summed E-state index contributed by atoms with van der Waals surface area (Å²) in [7, 11) is -1.27. The van der Waals surface area contributed by atoms with Crippen LogP contribution in [0.3, 0.4) is 0 Å². The standard InChI is InChI=1S/C14H24N2O2S/c1-12(2)11-15-9-10-16(3)13-7-5-6-8-14(13)19(4,17)18/h5-8,12,15H,9-11H2,1-4H3. The summed E-state index contributed by atoms with van der Waals surface area (Å²) in [6.45, 7) is 6.92. The highest BCUT2D eigenvalue weighted by molar-refractivity contribution is 7.90. The van der Waals surface area contributed by atoms with Gasteiger partial charge in [-0.1, -0.05) is 26.0 Å². The summed E-state index contributed by atoms with van der Waals surface area (Å²) in [4.78, 5) is 2.37. The van der Waals surface area contributed by atoms with Crippen LogP contribution in [0.15, 0.2) is 29.2 Å². The zero-order chi connectivity index (χ0) is 14.5. The number of sulfone groups is 1. The van der Waals surface area contributed by atoms with Gasteiger partial charge in [0.2, 0.25) is 0 Å². The molecule has 19 heavy (non-hydrogen) atoms. The van der Waals surface area contributed by atoms with Crippen molar-refractivity contribution in [2.45, 2.75) is 18.7 Å². The zero-order valence-corrected chi connectivity index (χ0v) is 13.0. The van der Waals surface area contributed by atoms with Crippen LogP contribution in [0.1, 0.15) is 13.8 Å². The molecule has 1 aromatic rings. The lowest BCUT2D eigenvalue weighted by Gasteiger charge is -2.22. The van der Waals surface area contributed by atoms with E-state index >= 15 is 0 Å². The Bertz CT molecular complexity index is 498. The number of hydrogen-bond acceptors (Lipinski definition) is 4. The highest BCUT2D eigenvalue weighted by Crippen LogP contribution is 2.23. The van der Waals surface area contributed by atoms with E-state index in [0.29, 0.717) is 10.8 Å². The van der Waals surface area contributed by atoms with Crippen LogP contribution in [-0.4, -0.2) is 41.4 Å². The van der Waals surface area contributed by atoms with Crippen LogP contribution in [0, 0.1) is 5.92 Å². The van der Waals surface area contributed by atoms with E-state index in [1.54, 1.807) is 12.1 Å². The van der Waals surface area contributed by atoms with Gasteiger partial charge in [-0.3, -0.25) is 0 Å². The van der Waals surface area contributed by atoms with E-state index in [0.717, 1.165) is 25.3 Å². The second-order valence-corrected chi connectivity index (χ2v) is 7.24. The molecule has 0 amide bonds. The first-order chi connectivity index (χ1) is 8.82. The first-order valence-electron chi connectivity index (χ1n) is 6.53.